The molecule has 0 aliphatic heterocycles. The maximum absolute atomic E-state index is 11.1. The third-order valence-corrected chi connectivity index (χ3v) is 3.28. The van der Waals surface area contributed by atoms with Crippen molar-refractivity contribution in [2.45, 2.75) is 33.6 Å². The fourth-order valence-electron chi connectivity index (χ4n) is 2.28. The van der Waals surface area contributed by atoms with E-state index in [2.05, 4.69) is 18.1 Å². The quantitative estimate of drug-likeness (QED) is 0.917. The average molecular weight is 258 g/mol. The van der Waals surface area contributed by atoms with E-state index in [0.29, 0.717) is 0 Å². The molecule has 1 aromatic heterocycles. The standard InChI is InChI=1S/C15H18N2O2/c1-4-11-8-6-7-10(3)14(11)17-12(5-2)9-13(16-17)15(18)19/h6-9H,4-5H2,1-3H3,(H,18,19). The highest BCUT2D eigenvalue weighted by Gasteiger charge is 2.16. The Bertz CT molecular complexity index is 615. The highest BCUT2D eigenvalue weighted by Crippen LogP contribution is 2.22. The van der Waals surface area contributed by atoms with Crippen LogP contribution in [-0.2, 0) is 12.8 Å². The van der Waals surface area contributed by atoms with Crippen molar-refractivity contribution in [2.75, 3.05) is 0 Å². The van der Waals surface area contributed by atoms with E-state index in [1.165, 1.54) is 5.56 Å². The Hall–Kier alpha value is -2.10. The molecule has 4 nitrogen and oxygen atoms in total. The monoisotopic (exact) mass is 258 g/mol. The first-order valence-corrected chi connectivity index (χ1v) is 6.49. The number of nitrogens with zero attached hydrogens (tertiary/aromatic N) is 2. The summed E-state index contributed by atoms with van der Waals surface area (Å²) >= 11 is 0. The van der Waals surface area contributed by atoms with Crippen LogP contribution in [0.15, 0.2) is 24.3 Å². The molecule has 0 aliphatic rings. The van der Waals surface area contributed by atoms with Crippen molar-refractivity contribution in [3.63, 3.8) is 0 Å². The molecule has 1 aromatic carbocycles. The van der Waals surface area contributed by atoms with Crippen molar-refractivity contribution in [1.82, 2.24) is 9.78 Å². The number of aryl methyl sites for hydroxylation is 3. The summed E-state index contributed by atoms with van der Waals surface area (Å²) in [5, 5.41) is 13.3. The molecule has 0 radical (unpaired) electrons. The average Bonchev–Trinajstić information content (AvgIpc) is 2.82. The van der Waals surface area contributed by atoms with Crippen LogP contribution in [0.25, 0.3) is 5.69 Å². The second kappa shape index (κ2) is 5.26. The zero-order valence-corrected chi connectivity index (χ0v) is 11.5. The molecule has 4 heteroatoms. The first-order valence-electron chi connectivity index (χ1n) is 6.49. The van der Waals surface area contributed by atoms with E-state index < -0.39 is 5.97 Å². The number of para-hydroxylation sites is 1. The highest BCUT2D eigenvalue weighted by atomic mass is 16.4. The van der Waals surface area contributed by atoms with Gasteiger partial charge in [-0.3, -0.25) is 0 Å². The summed E-state index contributed by atoms with van der Waals surface area (Å²) in [6.45, 7) is 6.12. The molecule has 19 heavy (non-hydrogen) atoms. The molecule has 0 saturated carbocycles. The summed E-state index contributed by atoms with van der Waals surface area (Å²) in [6.07, 6.45) is 1.64. The van der Waals surface area contributed by atoms with E-state index in [-0.39, 0.29) is 5.69 Å². The van der Waals surface area contributed by atoms with Crippen LogP contribution >= 0.6 is 0 Å². The topological polar surface area (TPSA) is 55.1 Å². The lowest BCUT2D eigenvalue weighted by Gasteiger charge is -2.13. The number of hydrogen-bond acceptors (Lipinski definition) is 2. The first-order chi connectivity index (χ1) is 9.08. The fourth-order valence-corrected chi connectivity index (χ4v) is 2.28. The van der Waals surface area contributed by atoms with Gasteiger partial charge in [-0.05, 0) is 37.0 Å². The molecule has 0 atom stereocenters. The van der Waals surface area contributed by atoms with Crippen molar-refractivity contribution in [2.24, 2.45) is 0 Å². The number of carboxylic acids is 1. The Morgan fingerprint density at radius 1 is 1.32 bits per heavy atom. The van der Waals surface area contributed by atoms with Gasteiger partial charge in [-0.25, -0.2) is 9.48 Å². The van der Waals surface area contributed by atoms with E-state index in [1.807, 2.05) is 26.0 Å². The van der Waals surface area contributed by atoms with Gasteiger partial charge in [-0.1, -0.05) is 32.0 Å². The lowest BCUT2D eigenvalue weighted by molar-refractivity contribution is 0.0690. The van der Waals surface area contributed by atoms with Crippen LogP contribution in [0.2, 0.25) is 0 Å². The van der Waals surface area contributed by atoms with E-state index >= 15 is 0 Å². The smallest absolute Gasteiger partial charge is 0.356 e. The van der Waals surface area contributed by atoms with Crippen molar-refractivity contribution >= 4 is 5.97 Å². The molecule has 0 bridgehead atoms. The largest absolute Gasteiger partial charge is 0.476 e. The van der Waals surface area contributed by atoms with Crippen LogP contribution in [0.3, 0.4) is 0 Å². The Kier molecular flexibility index (Phi) is 3.69. The summed E-state index contributed by atoms with van der Waals surface area (Å²) in [5.74, 6) is -0.986. The van der Waals surface area contributed by atoms with Gasteiger partial charge in [0.1, 0.15) is 0 Å². The van der Waals surface area contributed by atoms with Crippen LogP contribution in [0, 0.1) is 6.92 Å². The van der Waals surface area contributed by atoms with Crippen molar-refractivity contribution in [3.05, 3.63) is 46.8 Å². The van der Waals surface area contributed by atoms with Gasteiger partial charge in [-0.15, -0.1) is 0 Å². The van der Waals surface area contributed by atoms with Crippen molar-refractivity contribution in [1.29, 1.82) is 0 Å². The minimum Gasteiger partial charge on any atom is -0.476 e. The van der Waals surface area contributed by atoms with Crippen molar-refractivity contribution < 1.29 is 9.90 Å². The lowest BCUT2D eigenvalue weighted by atomic mass is 10.1. The van der Waals surface area contributed by atoms with Gasteiger partial charge in [-0.2, -0.15) is 5.10 Å². The summed E-state index contributed by atoms with van der Waals surface area (Å²) < 4.78 is 1.78. The van der Waals surface area contributed by atoms with Crippen LogP contribution in [-0.4, -0.2) is 20.9 Å². The normalized spacial score (nSPS) is 10.7. The van der Waals surface area contributed by atoms with Gasteiger partial charge < -0.3 is 5.11 Å². The molecule has 1 N–H and O–H groups in total. The maximum atomic E-state index is 11.1. The van der Waals surface area contributed by atoms with E-state index in [4.69, 9.17) is 5.11 Å². The number of aromatic nitrogens is 2. The molecule has 0 amide bonds. The van der Waals surface area contributed by atoms with Gasteiger partial charge in [0, 0.05) is 5.69 Å². The maximum Gasteiger partial charge on any atom is 0.356 e. The Balaban J connectivity index is 2.67. The molecule has 1 heterocycles. The molecule has 100 valence electrons. The summed E-state index contributed by atoms with van der Waals surface area (Å²) in [5.41, 5.74) is 4.31. The molecule has 0 aliphatic carbocycles. The zero-order chi connectivity index (χ0) is 14.0. The molecule has 2 rings (SSSR count). The van der Waals surface area contributed by atoms with Crippen LogP contribution in [0.4, 0.5) is 0 Å². The zero-order valence-electron chi connectivity index (χ0n) is 11.5. The molecule has 0 spiro atoms. The minimum absolute atomic E-state index is 0.0992. The van der Waals surface area contributed by atoms with Crippen LogP contribution in [0.1, 0.15) is 41.2 Å². The summed E-state index contributed by atoms with van der Waals surface area (Å²) in [4.78, 5) is 11.1. The van der Waals surface area contributed by atoms with Crippen LogP contribution < -0.4 is 0 Å². The number of benzene rings is 1. The number of carbonyl (C=O) groups is 1. The molecule has 2 aromatic rings. The molecule has 0 unspecified atom stereocenters. The molecule has 0 fully saturated rings. The predicted octanol–water partition coefficient (Wildman–Crippen LogP) is 3.00. The molecular formula is C15H18N2O2. The minimum atomic E-state index is -0.986. The molecular weight excluding hydrogens is 240 g/mol. The third kappa shape index (κ3) is 2.38. The van der Waals surface area contributed by atoms with E-state index in [0.717, 1.165) is 29.8 Å². The van der Waals surface area contributed by atoms with Gasteiger partial charge in [0.15, 0.2) is 5.69 Å². The Morgan fingerprint density at radius 3 is 2.63 bits per heavy atom. The highest BCUT2D eigenvalue weighted by molar-refractivity contribution is 5.85. The van der Waals surface area contributed by atoms with Crippen molar-refractivity contribution in [3.8, 4) is 5.69 Å². The number of rotatable bonds is 4. The van der Waals surface area contributed by atoms with Gasteiger partial charge in [0.25, 0.3) is 0 Å². The third-order valence-electron chi connectivity index (χ3n) is 3.28. The van der Waals surface area contributed by atoms with Gasteiger partial charge in [0.05, 0.1) is 5.69 Å². The fraction of sp³-hybridized carbons (Fsp3) is 0.333. The molecule has 0 saturated heterocycles. The Morgan fingerprint density at radius 2 is 2.05 bits per heavy atom. The second-order valence-corrected chi connectivity index (χ2v) is 4.53. The van der Waals surface area contributed by atoms with Gasteiger partial charge in [0.2, 0.25) is 0 Å². The summed E-state index contributed by atoms with van der Waals surface area (Å²) in [6, 6.07) is 7.75. The SMILES string of the molecule is CCc1cccc(C)c1-n1nc(C(=O)O)cc1CC. The number of hydrogen-bond donors (Lipinski definition) is 1. The van der Waals surface area contributed by atoms with E-state index in [9.17, 15) is 4.79 Å². The number of carboxylic acid groups (broad SMARTS) is 1. The van der Waals surface area contributed by atoms with E-state index in [1.54, 1.807) is 10.7 Å². The number of aromatic carboxylic acids is 1. The Labute approximate surface area is 112 Å². The lowest BCUT2D eigenvalue weighted by Crippen LogP contribution is -2.08. The van der Waals surface area contributed by atoms with Gasteiger partial charge >= 0.3 is 5.97 Å². The predicted molar refractivity (Wildman–Crippen MR) is 74.0 cm³/mol. The summed E-state index contributed by atoms with van der Waals surface area (Å²) in [7, 11) is 0. The second-order valence-electron chi connectivity index (χ2n) is 4.53. The first kappa shape index (κ1) is 13.3. The van der Waals surface area contributed by atoms with Crippen LogP contribution in [0.5, 0.6) is 0 Å².